The molecule has 2 amide bonds. The van der Waals surface area contributed by atoms with Crippen LogP contribution in [0.4, 0.5) is 5.82 Å². The SMILES string of the molecule is CCn1c(=O)c(C(=O)COC(=O)CN2C(=O)CCC2=O)c(N)n(Cc2ccccc2)c1=O. The number of aromatic nitrogens is 2. The fourth-order valence-corrected chi connectivity index (χ4v) is 3.37. The fourth-order valence-electron chi connectivity index (χ4n) is 3.37. The highest BCUT2D eigenvalue weighted by molar-refractivity contribution is 6.04. The standard InChI is InChI=1S/C21H22N4O7/c1-2-23-20(30)18(19(22)25(21(23)31)10-13-6-4-3-5-7-13)14(26)12-32-17(29)11-24-15(27)8-9-16(24)28/h3-7H,2,8-12,22H2,1H3. The van der Waals surface area contributed by atoms with Crippen molar-refractivity contribution in [3.63, 3.8) is 0 Å². The number of nitrogens with two attached hydrogens (primary N) is 1. The first kappa shape index (κ1) is 22.7. The molecule has 1 saturated heterocycles. The van der Waals surface area contributed by atoms with Crippen molar-refractivity contribution in [2.24, 2.45) is 0 Å². The van der Waals surface area contributed by atoms with Crippen LogP contribution < -0.4 is 17.0 Å². The van der Waals surface area contributed by atoms with E-state index in [1.54, 1.807) is 37.3 Å². The van der Waals surface area contributed by atoms with Gasteiger partial charge in [0, 0.05) is 19.4 Å². The summed E-state index contributed by atoms with van der Waals surface area (Å²) in [6.45, 7) is 0.163. The highest BCUT2D eigenvalue weighted by Gasteiger charge is 2.31. The maximum absolute atomic E-state index is 12.7. The van der Waals surface area contributed by atoms with E-state index in [0.717, 1.165) is 19.6 Å². The minimum absolute atomic E-state index is 0.00594. The number of imide groups is 1. The molecular formula is C21H22N4O7. The molecular weight excluding hydrogens is 420 g/mol. The quantitative estimate of drug-likeness (QED) is 0.328. The molecule has 1 aliphatic rings. The number of likely N-dealkylation sites (tertiary alicyclic amines) is 1. The van der Waals surface area contributed by atoms with Crippen LogP contribution in [-0.4, -0.2) is 50.8 Å². The lowest BCUT2D eigenvalue weighted by Crippen LogP contribution is -2.44. The summed E-state index contributed by atoms with van der Waals surface area (Å²) in [6, 6.07) is 8.87. The fraction of sp³-hybridized carbons (Fsp3) is 0.333. The van der Waals surface area contributed by atoms with Crippen LogP contribution in [0, 0.1) is 0 Å². The number of hydrogen-bond donors (Lipinski definition) is 1. The lowest BCUT2D eigenvalue weighted by Gasteiger charge is -2.16. The van der Waals surface area contributed by atoms with Gasteiger partial charge in [0.15, 0.2) is 6.61 Å². The number of nitrogen functional groups attached to an aromatic ring is 1. The smallest absolute Gasteiger partial charge is 0.332 e. The zero-order valence-corrected chi connectivity index (χ0v) is 17.4. The summed E-state index contributed by atoms with van der Waals surface area (Å²) in [4.78, 5) is 74.1. The van der Waals surface area contributed by atoms with Gasteiger partial charge >= 0.3 is 11.7 Å². The number of Topliss-reactive ketones (excluding diaryl/α,β-unsaturated/α-hetero) is 1. The summed E-state index contributed by atoms with van der Waals surface area (Å²) in [5, 5.41) is 0. The number of nitrogens with zero attached hydrogens (tertiary/aromatic N) is 3. The van der Waals surface area contributed by atoms with Gasteiger partial charge in [-0.15, -0.1) is 0 Å². The second kappa shape index (κ2) is 9.41. The number of rotatable bonds is 8. The molecule has 3 rings (SSSR count). The molecule has 2 aromatic rings. The van der Waals surface area contributed by atoms with Crippen molar-refractivity contribution >= 4 is 29.4 Å². The van der Waals surface area contributed by atoms with Gasteiger partial charge in [0.25, 0.3) is 5.56 Å². The lowest BCUT2D eigenvalue weighted by atomic mass is 10.2. The summed E-state index contributed by atoms with van der Waals surface area (Å²) in [5.41, 5.74) is 4.73. The molecule has 11 heteroatoms. The molecule has 0 radical (unpaired) electrons. The summed E-state index contributed by atoms with van der Waals surface area (Å²) in [7, 11) is 0. The Morgan fingerprint density at radius 3 is 2.22 bits per heavy atom. The second-order valence-corrected chi connectivity index (χ2v) is 7.12. The lowest BCUT2D eigenvalue weighted by molar-refractivity contribution is -0.151. The maximum atomic E-state index is 12.7. The van der Waals surface area contributed by atoms with Gasteiger partial charge < -0.3 is 10.5 Å². The van der Waals surface area contributed by atoms with Crippen LogP contribution in [0.2, 0.25) is 0 Å². The van der Waals surface area contributed by atoms with Gasteiger partial charge in [0.1, 0.15) is 17.9 Å². The average molecular weight is 442 g/mol. The number of anilines is 1. The number of ketones is 1. The molecule has 0 saturated carbocycles. The van der Waals surface area contributed by atoms with Crippen molar-refractivity contribution in [3.05, 3.63) is 62.3 Å². The zero-order valence-electron chi connectivity index (χ0n) is 17.4. The molecule has 1 aliphatic heterocycles. The van der Waals surface area contributed by atoms with Gasteiger partial charge in [-0.25, -0.2) is 4.79 Å². The number of carbonyl (C=O) groups is 4. The summed E-state index contributed by atoms with van der Waals surface area (Å²) >= 11 is 0. The Bertz CT molecular complexity index is 1180. The molecule has 0 spiro atoms. The Balaban J connectivity index is 1.83. The maximum Gasteiger partial charge on any atom is 0.332 e. The van der Waals surface area contributed by atoms with E-state index in [-0.39, 0.29) is 31.7 Å². The number of hydrogen-bond acceptors (Lipinski definition) is 8. The van der Waals surface area contributed by atoms with E-state index in [4.69, 9.17) is 10.5 Å². The van der Waals surface area contributed by atoms with Crippen LogP contribution in [0.1, 0.15) is 35.7 Å². The topological polar surface area (TPSA) is 151 Å². The predicted molar refractivity (Wildman–Crippen MR) is 112 cm³/mol. The molecule has 1 fully saturated rings. The molecule has 0 unspecified atom stereocenters. The van der Waals surface area contributed by atoms with Gasteiger partial charge in [-0.05, 0) is 12.5 Å². The van der Waals surface area contributed by atoms with Crippen LogP contribution in [0.3, 0.4) is 0 Å². The van der Waals surface area contributed by atoms with Crippen molar-refractivity contribution in [2.45, 2.75) is 32.9 Å². The third-order valence-electron chi connectivity index (χ3n) is 5.05. The molecule has 0 bridgehead atoms. The van der Waals surface area contributed by atoms with Gasteiger partial charge in [-0.2, -0.15) is 0 Å². The van der Waals surface area contributed by atoms with Crippen LogP contribution in [0.15, 0.2) is 39.9 Å². The number of benzene rings is 1. The number of amides is 2. The number of esters is 1. The van der Waals surface area contributed by atoms with Crippen LogP contribution >= 0.6 is 0 Å². The number of ether oxygens (including phenoxy) is 1. The van der Waals surface area contributed by atoms with Crippen LogP contribution in [-0.2, 0) is 32.2 Å². The van der Waals surface area contributed by atoms with Gasteiger partial charge in [-0.1, -0.05) is 30.3 Å². The summed E-state index contributed by atoms with van der Waals surface area (Å²) in [5.74, 6) is -3.21. The Hall–Kier alpha value is -4.02. The van der Waals surface area contributed by atoms with Gasteiger partial charge in [-0.3, -0.25) is 38.0 Å². The second-order valence-electron chi connectivity index (χ2n) is 7.12. The van der Waals surface area contributed by atoms with E-state index in [2.05, 4.69) is 0 Å². The highest BCUT2D eigenvalue weighted by atomic mass is 16.5. The monoisotopic (exact) mass is 442 g/mol. The molecule has 0 aliphatic carbocycles. The van der Waals surface area contributed by atoms with E-state index in [9.17, 15) is 28.8 Å². The minimum Gasteiger partial charge on any atom is -0.456 e. The first-order valence-electron chi connectivity index (χ1n) is 9.93. The zero-order chi connectivity index (χ0) is 23.4. The Kier molecular flexibility index (Phi) is 6.67. The number of carbonyl (C=O) groups excluding carboxylic acids is 4. The molecule has 0 atom stereocenters. The third-order valence-corrected chi connectivity index (χ3v) is 5.05. The minimum atomic E-state index is -0.978. The first-order chi connectivity index (χ1) is 15.2. The summed E-state index contributed by atoms with van der Waals surface area (Å²) in [6.07, 6.45) is 0.0300. The molecule has 1 aromatic heterocycles. The largest absolute Gasteiger partial charge is 0.456 e. The molecule has 2 heterocycles. The van der Waals surface area contributed by atoms with Crippen molar-refractivity contribution in [1.82, 2.24) is 14.0 Å². The van der Waals surface area contributed by atoms with Crippen molar-refractivity contribution in [2.75, 3.05) is 18.9 Å². The molecule has 168 valence electrons. The van der Waals surface area contributed by atoms with E-state index in [1.807, 2.05) is 0 Å². The van der Waals surface area contributed by atoms with Gasteiger partial charge in [0.2, 0.25) is 17.6 Å². The van der Waals surface area contributed by atoms with E-state index >= 15 is 0 Å². The van der Waals surface area contributed by atoms with Crippen molar-refractivity contribution < 1.29 is 23.9 Å². The normalized spacial score (nSPS) is 13.5. The first-order valence-corrected chi connectivity index (χ1v) is 9.93. The molecule has 32 heavy (non-hydrogen) atoms. The van der Waals surface area contributed by atoms with Crippen molar-refractivity contribution in [1.29, 1.82) is 0 Å². The van der Waals surface area contributed by atoms with E-state index in [0.29, 0.717) is 0 Å². The van der Waals surface area contributed by atoms with E-state index in [1.165, 1.54) is 0 Å². The Morgan fingerprint density at radius 1 is 1.00 bits per heavy atom. The third kappa shape index (κ3) is 4.51. The summed E-state index contributed by atoms with van der Waals surface area (Å²) < 4.78 is 6.84. The average Bonchev–Trinajstić information content (AvgIpc) is 3.08. The van der Waals surface area contributed by atoms with Crippen LogP contribution in [0.5, 0.6) is 0 Å². The Morgan fingerprint density at radius 2 is 1.62 bits per heavy atom. The van der Waals surface area contributed by atoms with Crippen LogP contribution in [0.25, 0.3) is 0 Å². The predicted octanol–water partition coefficient (Wildman–Crippen LogP) is -0.465. The van der Waals surface area contributed by atoms with Gasteiger partial charge in [0.05, 0.1) is 6.54 Å². The molecule has 2 N–H and O–H groups in total. The van der Waals surface area contributed by atoms with Crippen molar-refractivity contribution in [3.8, 4) is 0 Å². The Labute approximate surface area is 182 Å². The van der Waals surface area contributed by atoms with E-state index < -0.39 is 53.5 Å². The molecule has 1 aromatic carbocycles. The molecule has 11 nitrogen and oxygen atoms in total. The highest BCUT2D eigenvalue weighted by Crippen LogP contribution is 2.12.